The van der Waals surface area contributed by atoms with Gasteiger partial charge in [0.1, 0.15) is 0 Å². The Morgan fingerprint density at radius 2 is 1.95 bits per heavy atom. The number of fused-ring (bicyclic) bond motifs is 1. The number of hydrogen-bond donors (Lipinski definition) is 1. The number of nitrogen functional groups attached to an aromatic ring is 1. The second kappa shape index (κ2) is 5.82. The zero-order chi connectivity index (χ0) is 14.8. The number of hydrogen-bond acceptors (Lipinski definition) is 3. The number of amides is 1. The van der Waals surface area contributed by atoms with E-state index in [1.54, 1.807) is 0 Å². The van der Waals surface area contributed by atoms with Crippen LogP contribution in [0.15, 0.2) is 53.4 Å². The molecule has 0 bridgehead atoms. The molecule has 0 saturated heterocycles. The third-order valence-electron chi connectivity index (χ3n) is 3.75. The first-order valence-electron chi connectivity index (χ1n) is 7.04. The molecule has 0 saturated carbocycles. The fourth-order valence-corrected chi connectivity index (χ4v) is 3.59. The summed E-state index contributed by atoms with van der Waals surface area (Å²) < 4.78 is 0. The summed E-state index contributed by atoms with van der Waals surface area (Å²) in [6.07, 6.45) is 0.931. The average molecular weight is 298 g/mol. The largest absolute Gasteiger partial charge is 0.398 e. The van der Waals surface area contributed by atoms with Gasteiger partial charge in [-0.25, -0.2) is 0 Å². The normalized spacial score (nSPS) is 16.8. The molecule has 4 heteroatoms. The quantitative estimate of drug-likeness (QED) is 0.698. The third kappa shape index (κ3) is 2.76. The molecule has 1 aliphatic rings. The molecule has 0 aromatic heterocycles. The maximum absolute atomic E-state index is 12.6. The van der Waals surface area contributed by atoms with E-state index in [4.69, 9.17) is 5.73 Å². The zero-order valence-electron chi connectivity index (χ0n) is 12.0. The zero-order valence-corrected chi connectivity index (χ0v) is 12.8. The van der Waals surface area contributed by atoms with Crippen LogP contribution in [-0.2, 0) is 11.2 Å². The number of carbonyl (C=O) groups is 1. The third-order valence-corrected chi connectivity index (χ3v) is 4.82. The Morgan fingerprint density at radius 3 is 2.76 bits per heavy atom. The van der Waals surface area contributed by atoms with Crippen LogP contribution in [0.4, 0.5) is 11.4 Å². The lowest BCUT2D eigenvalue weighted by Crippen LogP contribution is -2.36. The fraction of sp³-hybridized carbons (Fsp3) is 0.235. The fourth-order valence-electron chi connectivity index (χ4n) is 2.77. The van der Waals surface area contributed by atoms with Crippen molar-refractivity contribution < 1.29 is 4.79 Å². The predicted molar refractivity (Wildman–Crippen MR) is 88.7 cm³/mol. The molecule has 1 atom stereocenters. The first-order valence-corrected chi connectivity index (χ1v) is 8.02. The average Bonchev–Trinajstić information content (AvgIpc) is 2.82. The van der Waals surface area contributed by atoms with Gasteiger partial charge in [-0.05, 0) is 37.1 Å². The van der Waals surface area contributed by atoms with E-state index >= 15 is 0 Å². The van der Waals surface area contributed by atoms with E-state index < -0.39 is 0 Å². The van der Waals surface area contributed by atoms with Crippen LogP contribution < -0.4 is 10.6 Å². The van der Waals surface area contributed by atoms with Gasteiger partial charge in [0.15, 0.2) is 0 Å². The number of nitrogens with zero attached hydrogens (tertiary/aromatic N) is 1. The van der Waals surface area contributed by atoms with Gasteiger partial charge in [0.05, 0.1) is 5.75 Å². The van der Waals surface area contributed by atoms with E-state index in [0.717, 1.165) is 22.7 Å². The van der Waals surface area contributed by atoms with E-state index in [-0.39, 0.29) is 11.9 Å². The molecule has 0 spiro atoms. The Morgan fingerprint density at radius 1 is 1.24 bits per heavy atom. The first kappa shape index (κ1) is 14.0. The van der Waals surface area contributed by atoms with Crippen molar-refractivity contribution in [3.8, 4) is 0 Å². The number of thioether (sulfide) groups is 1. The Labute approximate surface area is 129 Å². The molecule has 21 heavy (non-hydrogen) atoms. The number of benzene rings is 2. The van der Waals surface area contributed by atoms with Gasteiger partial charge in [-0.3, -0.25) is 4.79 Å². The molecular weight excluding hydrogens is 280 g/mol. The van der Waals surface area contributed by atoms with E-state index in [1.807, 2.05) is 47.4 Å². The van der Waals surface area contributed by atoms with Crippen LogP contribution in [0, 0.1) is 0 Å². The monoisotopic (exact) mass is 298 g/mol. The van der Waals surface area contributed by atoms with Crippen molar-refractivity contribution >= 4 is 29.0 Å². The molecule has 2 N–H and O–H groups in total. The van der Waals surface area contributed by atoms with Crippen molar-refractivity contribution in [3.63, 3.8) is 0 Å². The molecule has 0 unspecified atom stereocenters. The van der Waals surface area contributed by atoms with Crippen molar-refractivity contribution in [1.82, 2.24) is 0 Å². The second-order valence-electron chi connectivity index (χ2n) is 5.27. The number of carbonyl (C=O) groups excluding carboxylic acids is 1. The highest BCUT2D eigenvalue weighted by Gasteiger charge is 2.30. The number of nitrogens with two attached hydrogens (primary N) is 1. The van der Waals surface area contributed by atoms with Gasteiger partial charge in [0.25, 0.3) is 0 Å². The smallest absolute Gasteiger partial charge is 0.237 e. The molecule has 108 valence electrons. The van der Waals surface area contributed by atoms with Crippen LogP contribution in [0.5, 0.6) is 0 Å². The molecular formula is C17H18N2OS. The highest BCUT2D eigenvalue weighted by Crippen LogP contribution is 2.33. The summed E-state index contributed by atoms with van der Waals surface area (Å²) in [6, 6.07) is 16.0. The van der Waals surface area contributed by atoms with Crippen LogP contribution in [0.3, 0.4) is 0 Å². The van der Waals surface area contributed by atoms with Gasteiger partial charge in [0.2, 0.25) is 5.91 Å². The Kier molecular flexibility index (Phi) is 3.88. The molecule has 1 aliphatic heterocycles. The van der Waals surface area contributed by atoms with E-state index in [2.05, 4.69) is 13.0 Å². The van der Waals surface area contributed by atoms with Gasteiger partial charge in [0, 0.05) is 22.3 Å². The summed E-state index contributed by atoms with van der Waals surface area (Å²) in [5, 5.41) is 0. The summed E-state index contributed by atoms with van der Waals surface area (Å²) >= 11 is 1.50. The number of rotatable bonds is 3. The molecule has 2 aromatic carbocycles. The van der Waals surface area contributed by atoms with E-state index in [1.165, 1.54) is 17.3 Å². The molecule has 0 fully saturated rings. The maximum atomic E-state index is 12.6. The highest BCUT2D eigenvalue weighted by molar-refractivity contribution is 8.00. The van der Waals surface area contributed by atoms with Crippen molar-refractivity contribution in [2.24, 2.45) is 0 Å². The molecule has 3 nitrogen and oxygen atoms in total. The minimum absolute atomic E-state index is 0.140. The van der Waals surface area contributed by atoms with Crippen LogP contribution in [-0.4, -0.2) is 17.7 Å². The molecule has 0 aliphatic carbocycles. The number of anilines is 2. The number of para-hydroxylation sites is 2. The summed E-state index contributed by atoms with van der Waals surface area (Å²) in [5.41, 5.74) is 8.95. The topological polar surface area (TPSA) is 46.3 Å². The van der Waals surface area contributed by atoms with Gasteiger partial charge >= 0.3 is 0 Å². The SMILES string of the molecule is C[C@H]1Cc2ccccc2N1C(=O)CSc1ccccc1N. The van der Waals surface area contributed by atoms with E-state index in [9.17, 15) is 4.79 Å². The van der Waals surface area contributed by atoms with Gasteiger partial charge in [-0.2, -0.15) is 0 Å². The van der Waals surface area contributed by atoms with Crippen LogP contribution in [0.1, 0.15) is 12.5 Å². The van der Waals surface area contributed by atoms with Crippen LogP contribution >= 0.6 is 11.8 Å². The summed E-state index contributed by atoms with van der Waals surface area (Å²) in [6.45, 7) is 2.10. The van der Waals surface area contributed by atoms with E-state index in [0.29, 0.717) is 5.75 Å². The van der Waals surface area contributed by atoms with Gasteiger partial charge < -0.3 is 10.6 Å². The predicted octanol–water partition coefficient (Wildman–Crippen LogP) is 3.34. The Hall–Kier alpha value is -1.94. The van der Waals surface area contributed by atoms with Crippen molar-refractivity contribution in [1.29, 1.82) is 0 Å². The minimum Gasteiger partial charge on any atom is -0.398 e. The second-order valence-corrected chi connectivity index (χ2v) is 6.29. The van der Waals surface area contributed by atoms with Crippen LogP contribution in [0.25, 0.3) is 0 Å². The Balaban J connectivity index is 1.73. The maximum Gasteiger partial charge on any atom is 0.237 e. The van der Waals surface area contributed by atoms with Gasteiger partial charge in [-0.1, -0.05) is 30.3 Å². The lowest BCUT2D eigenvalue weighted by Gasteiger charge is -2.22. The summed E-state index contributed by atoms with van der Waals surface area (Å²) in [5.74, 6) is 0.549. The summed E-state index contributed by atoms with van der Waals surface area (Å²) in [7, 11) is 0. The summed E-state index contributed by atoms with van der Waals surface area (Å²) in [4.78, 5) is 15.4. The Bertz CT molecular complexity index is 671. The lowest BCUT2D eigenvalue weighted by atomic mass is 10.1. The molecule has 1 amide bonds. The molecule has 0 radical (unpaired) electrons. The lowest BCUT2D eigenvalue weighted by molar-refractivity contribution is -0.116. The molecule has 1 heterocycles. The van der Waals surface area contributed by atoms with Gasteiger partial charge in [-0.15, -0.1) is 11.8 Å². The van der Waals surface area contributed by atoms with Crippen molar-refractivity contribution in [3.05, 3.63) is 54.1 Å². The standard InChI is InChI=1S/C17H18N2OS/c1-12-10-13-6-2-4-8-15(13)19(12)17(20)11-21-16-9-5-3-7-14(16)18/h2-9,12H,10-11,18H2,1H3/t12-/m0/s1. The highest BCUT2D eigenvalue weighted by atomic mass is 32.2. The van der Waals surface area contributed by atoms with Crippen molar-refractivity contribution in [2.75, 3.05) is 16.4 Å². The molecule has 3 rings (SSSR count). The molecule has 2 aromatic rings. The first-order chi connectivity index (χ1) is 10.2. The van der Waals surface area contributed by atoms with Crippen molar-refractivity contribution in [2.45, 2.75) is 24.3 Å². The minimum atomic E-state index is 0.140. The van der Waals surface area contributed by atoms with Crippen LogP contribution in [0.2, 0.25) is 0 Å².